The van der Waals surface area contributed by atoms with Crippen molar-refractivity contribution in [3.63, 3.8) is 0 Å². The van der Waals surface area contributed by atoms with E-state index in [2.05, 4.69) is 10.6 Å². The topological polar surface area (TPSA) is 58.2 Å². The number of hydrogen-bond donors (Lipinski definition) is 2. The van der Waals surface area contributed by atoms with E-state index in [4.69, 9.17) is 0 Å². The number of hydrogen-bond acceptors (Lipinski definition) is 4. The summed E-state index contributed by atoms with van der Waals surface area (Å²) in [5, 5.41) is 8.16. The van der Waals surface area contributed by atoms with Gasteiger partial charge in [0.05, 0.1) is 10.4 Å². The van der Waals surface area contributed by atoms with E-state index >= 15 is 0 Å². The molecule has 1 fully saturated rings. The quantitative estimate of drug-likeness (QED) is 0.834. The second-order valence-electron chi connectivity index (χ2n) is 5.37. The van der Waals surface area contributed by atoms with Crippen LogP contribution >= 0.6 is 23.7 Å². The van der Waals surface area contributed by atoms with Crippen molar-refractivity contribution < 1.29 is 9.59 Å². The zero-order chi connectivity index (χ0) is 15.4. The molecule has 1 atom stereocenters. The summed E-state index contributed by atoms with van der Waals surface area (Å²) >= 11 is 1.39. The van der Waals surface area contributed by atoms with Gasteiger partial charge in [-0.2, -0.15) is 0 Å². The number of ketones is 1. The number of carbonyl (C=O) groups excluding carboxylic acids is 2. The van der Waals surface area contributed by atoms with E-state index in [9.17, 15) is 9.59 Å². The van der Waals surface area contributed by atoms with Gasteiger partial charge in [-0.1, -0.05) is 24.3 Å². The van der Waals surface area contributed by atoms with E-state index < -0.39 is 0 Å². The van der Waals surface area contributed by atoms with Gasteiger partial charge in [-0.05, 0) is 36.9 Å². The third-order valence-electron chi connectivity index (χ3n) is 3.79. The van der Waals surface area contributed by atoms with E-state index in [-0.39, 0.29) is 30.1 Å². The summed E-state index contributed by atoms with van der Waals surface area (Å²) in [4.78, 5) is 25.7. The molecule has 6 heteroatoms. The highest BCUT2D eigenvalue weighted by atomic mass is 35.5. The first-order valence-electron chi connectivity index (χ1n) is 7.44. The molecule has 2 N–H and O–H groups in total. The van der Waals surface area contributed by atoms with E-state index in [0.717, 1.165) is 25.9 Å². The van der Waals surface area contributed by atoms with Gasteiger partial charge >= 0.3 is 0 Å². The monoisotopic (exact) mass is 350 g/mol. The number of rotatable bonds is 4. The van der Waals surface area contributed by atoms with Crippen LogP contribution in [-0.2, 0) is 0 Å². The number of benzene rings is 1. The zero-order valence-electron chi connectivity index (χ0n) is 12.6. The average Bonchev–Trinajstić information content (AvgIpc) is 3.09. The molecule has 1 aromatic heterocycles. The lowest BCUT2D eigenvalue weighted by molar-refractivity contribution is 0.0921. The van der Waals surface area contributed by atoms with Gasteiger partial charge in [0.1, 0.15) is 0 Å². The number of carbonyl (C=O) groups is 2. The normalized spacial score (nSPS) is 17.1. The molecule has 0 radical (unpaired) electrons. The van der Waals surface area contributed by atoms with E-state index in [0.29, 0.717) is 16.0 Å². The van der Waals surface area contributed by atoms with Crippen LogP contribution in [0.1, 0.15) is 38.4 Å². The maximum Gasteiger partial charge on any atom is 0.252 e. The molecule has 122 valence electrons. The standard InChI is InChI=1S/C17H18N2O2S.ClH/c20-16(15-8-4-10-22-15)13-6-1-2-7-14(13)17(21)19-12-5-3-9-18-11-12;/h1-2,4,6-8,10,12,18H,3,5,9,11H2,(H,19,21);1H. The van der Waals surface area contributed by atoms with Crippen LogP contribution in [0.15, 0.2) is 41.8 Å². The molecule has 0 saturated carbocycles. The fraction of sp³-hybridized carbons (Fsp3) is 0.294. The van der Waals surface area contributed by atoms with E-state index in [1.807, 2.05) is 11.4 Å². The Morgan fingerprint density at radius 2 is 1.91 bits per heavy atom. The Balaban J connectivity index is 0.00000192. The molecular weight excluding hydrogens is 332 g/mol. The Hall–Kier alpha value is -1.69. The third-order valence-corrected chi connectivity index (χ3v) is 4.66. The number of halogens is 1. The SMILES string of the molecule is Cl.O=C(NC1CCCNC1)c1ccccc1C(=O)c1cccs1. The maximum atomic E-state index is 12.5. The lowest BCUT2D eigenvalue weighted by Crippen LogP contribution is -2.45. The van der Waals surface area contributed by atoms with Crippen molar-refractivity contribution in [2.45, 2.75) is 18.9 Å². The number of amides is 1. The third kappa shape index (κ3) is 4.19. The summed E-state index contributed by atoms with van der Waals surface area (Å²) in [6.07, 6.45) is 2.03. The predicted molar refractivity (Wildman–Crippen MR) is 94.8 cm³/mol. The van der Waals surface area contributed by atoms with Crippen LogP contribution in [0.3, 0.4) is 0 Å². The second kappa shape index (κ2) is 8.24. The fourth-order valence-electron chi connectivity index (χ4n) is 2.66. The summed E-state index contributed by atoms with van der Waals surface area (Å²) in [5.41, 5.74) is 0.915. The highest BCUT2D eigenvalue weighted by molar-refractivity contribution is 7.12. The largest absolute Gasteiger partial charge is 0.348 e. The number of thiophene rings is 1. The van der Waals surface area contributed by atoms with Gasteiger partial charge in [-0.25, -0.2) is 0 Å². The summed E-state index contributed by atoms with van der Waals surface area (Å²) in [7, 11) is 0. The molecular formula is C17H19ClN2O2S. The average molecular weight is 351 g/mol. The van der Waals surface area contributed by atoms with Crippen molar-refractivity contribution in [2.75, 3.05) is 13.1 Å². The molecule has 0 spiro atoms. The Morgan fingerprint density at radius 1 is 1.13 bits per heavy atom. The van der Waals surface area contributed by atoms with Gasteiger partial charge in [-0.3, -0.25) is 9.59 Å². The number of piperidine rings is 1. The highest BCUT2D eigenvalue weighted by Crippen LogP contribution is 2.18. The molecule has 2 aromatic rings. The molecule has 1 aliphatic heterocycles. The van der Waals surface area contributed by atoms with Crippen LogP contribution in [-0.4, -0.2) is 30.8 Å². The predicted octanol–water partition coefficient (Wildman–Crippen LogP) is 2.88. The lowest BCUT2D eigenvalue weighted by atomic mass is 10.0. The number of nitrogens with one attached hydrogen (secondary N) is 2. The van der Waals surface area contributed by atoms with Gasteiger partial charge in [0.15, 0.2) is 0 Å². The first-order chi connectivity index (χ1) is 10.8. The Kier molecular flexibility index (Phi) is 6.33. The molecule has 1 unspecified atom stereocenters. The molecule has 2 heterocycles. The van der Waals surface area contributed by atoms with Gasteiger partial charge in [0.25, 0.3) is 5.91 Å². The van der Waals surface area contributed by atoms with Crippen molar-refractivity contribution in [1.82, 2.24) is 10.6 Å². The van der Waals surface area contributed by atoms with Gasteiger partial charge in [-0.15, -0.1) is 23.7 Å². The molecule has 4 nitrogen and oxygen atoms in total. The summed E-state index contributed by atoms with van der Waals surface area (Å²) in [6, 6.07) is 10.8. The molecule has 0 aliphatic carbocycles. The smallest absolute Gasteiger partial charge is 0.252 e. The Labute approximate surface area is 145 Å². The lowest BCUT2D eigenvalue weighted by Gasteiger charge is -2.24. The Bertz CT molecular complexity index is 667. The molecule has 0 bridgehead atoms. The minimum Gasteiger partial charge on any atom is -0.348 e. The van der Waals surface area contributed by atoms with Gasteiger partial charge in [0, 0.05) is 18.2 Å². The van der Waals surface area contributed by atoms with Gasteiger partial charge in [0.2, 0.25) is 5.78 Å². The van der Waals surface area contributed by atoms with E-state index in [1.165, 1.54) is 11.3 Å². The van der Waals surface area contributed by atoms with Crippen LogP contribution in [0.2, 0.25) is 0 Å². The first-order valence-corrected chi connectivity index (χ1v) is 8.32. The summed E-state index contributed by atoms with van der Waals surface area (Å²) in [6.45, 7) is 1.78. The first kappa shape index (κ1) is 17.7. The molecule has 1 aliphatic rings. The van der Waals surface area contributed by atoms with Crippen molar-refractivity contribution in [1.29, 1.82) is 0 Å². The van der Waals surface area contributed by atoms with Crippen LogP contribution in [0.4, 0.5) is 0 Å². The fourth-order valence-corrected chi connectivity index (χ4v) is 3.34. The molecule has 1 saturated heterocycles. The summed E-state index contributed by atoms with van der Waals surface area (Å²) < 4.78 is 0. The van der Waals surface area contributed by atoms with Crippen molar-refractivity contribution in [3.05, 3.63) is 57.8 Å². The Morgan fingerprint density at radius 3 is 2.57 bits per heavy atom. The molecule has 1 amide bonds. The molecule has 23 heavy (non-hydrogen) atoms. The van der Waals surface area contributed by atoms with Crippen LogP contribution in [0.5, 0.6) is 0 Å². The van der Waals surface area contributed by atoms with Crippen molar-refractivity contribution in [2.24, 2.45) is 0 Å². The molecule has 3 rings (SSSR count). The second-order valence-corrected chi connectivity index (χ2v) is 6.32. The van der Waals surface area contributed by atoms with Crippen LogP contribution < -0.4 is 10.6 Å². The minimum atomic E-state index is -0.172. The maximum absolute atomic E-state index is 12.5. The van der Waals surface area contributed by atoms with Crippen LogP contribution in [0.25, 0.3) is 0 Å². The summed E-state index contributed by atoms with van der Waals surface area (Å²) in [5.74, 6) is -0.267. The van der Waals surface area contributed by atoms with Crippen molar-refractivity contribution >= 4 is 35.4 Å². The minimum absolute atomic E-state index is 0. The van der Waals surface area contributed by atoms with Crippen molar-refractivity contribution in [3.8, 4) is 0 Å². The molecule has 1 aromatic carbocycles. The highest BCUT2D eigenvalue weighted by Gasteiger charge is 2.21. The van der Waals surface area contributed by atoms with Crippen LogP contribution in [0, 0.1) is 0 Å². The zero-order valence-corrected chi connectivity index (χ0v) is 14.2. The van der Waals surface area contributed by atoms with Gasteiger partial charge < -0.3 is 10.6 Å². The van der Waals surface area contributed by atoms with E-state index in [1.54, 1.807) is 30.3 Å².